The highest BCUT2D eigenvalue weighted by molar-refractivity contribution is 5.90. The second-order valence-electron chi connectivity index (χ2n) is 7.91. The lowest BCUT2D eigenvalue weighted by Gasteiger charge is -2.18. The van der Waals surface area contributed by atoms with Crippen LogP contribution in [0.5, 0.6) is 11.5 Å². The molecule has 0 aliphatic rings. The molecule has 0 saturated carbocycles. The standard InChI is InChI=1S/C25H25N5O8/c1-34-17-7-3-15(4-8-17)23(32)36-11-19(12-37-24(33)16-5-9-18(35-2)10-6-16)38-14-30-13-27-20-21(30)28-25(26)29-22(20)31/h3-10,13,19H,11-12,14H2,1-2H3,(H3,26,28,29,31). The Balaban J connectivity index is 1.44. The van der Waals surface area contributed by atoms with Crippen LogP contribution in [0.4, 0.5) is 5.95 Å². The number of nitrogens with one attached hydrogen (secondary N) is 1. The zero-order chi connectivity index (χ0) is 27.1. The van der Waals surface area contributed by atoms with Crippen molar-refractivity contribution in [3.63, 3.8) is 0 Å². The summed E-state index contributed by atoms with van der Waals surface area (Å²) in [4.78, 5) is 47.6. The SMILES string of the molecule is COc1ccc(C(=O)OCC(COC(=O)c2ccc(OC)cc2)OCn2cnc3c(=O)[nH]c(N)nc32)cc1. The Morgan fingerprint density at radius 2 is 1.45 bits per heavy atom. The molecule has 13 nitrogen and oxygen atoms in total. The predicted octanol–water partition coefficient (Wildman–Crippen LogP) is 1.78. The van der Waals surface area contributed by atoms with E-state index in [1.54, 1.807) is 48.5 Å². The fraction of sp³-hybridized carbons (Fsp3) is 0.240. The van der Waals surface area contributed by atoms with Crippen molar-refractivity contribution < 1.29 is 33.3 Å². The number of nitrogens with two attached hydrogens (primary N) is 1. The van der Waals surface area contributed by atoms with Gasteiger partial charge in [-0.25, -0.2) is 14.6 Å². The number of fused-ring (bicyclic) bond motifs is 1. The summed E-state index contributed by atoms with van der Waals surface area (Å²) in [5.41, 5.74) is 6.04. The number of aromatic nitrogens is 4. The number of nitrogens with zero attached hydrogens (tertiary/aromatic N) is 3. The van der Waals surface area contributed by atoms with Gasteiger partial charge in [-0.05, 0) is 48.5 Å². The maximum absolute atomic E-state index is 12.5. The first-order valence-corrected chi connectivity index (χ1v) is 11.3. The molecule has 3 N–H and O–H groups in total. The molecule has 0 fully saturated rings. The number of nitrogen functional groups attached to an aromatic ring is 1. The molecule has 0 bridgehead atoms. The van der Waals surface area contributed by atoms with Gasteiger partial charge in [-0.1, -0.05) is 0 Å². The predicted molar refractivity (Wildman–Crippen MR) is 134 cm³/mol. The lowest BCUT2D eigenvalue weighted by atomic mass is 10.2. The molecule has 0 atom stereocenters. The van der Waals surface area contributed by atoms with E-state index in [1.165, 1.54) is 25.1 Å². The van der Waals surface area contributed by atoms with Crippen molar-refractivity contribution in [1.82, 2.24) is 19.5 Å². The smallest absolute Gasteiger partial charge is 0.338 e. The molecule has 198 valence electrons. The van der Waals surface area contributed by atoms with Gasteiger partial charge in [-0.15, -0.1) is 0 Å². The molecular weight excluding hydrogens is 498 g/mol. The van der Waals surface area contributed by atoms with Crippen LogP contribution in [0.3, 0.4) is 0 Å². The molecule has 2 aromatic heterocycles. The molecule has 0 saturated heterocycles. The number of ether oxygens (including phenoxy) is 5. The number of rotatable bonds is 11. The fourth-order valence-corrected chi connectivity index (χ4v) is 3.35. The highest BCUT2D eigenvalue weighted by Gasteiger charge is 2.19. The summed E-state index contributed by atoms with van der Waals surface area (Å²) in [6, 6.07) is 12.8. The maximum Gasteiger partial charge on any atom is 0.338 e. The fourth-order valence-electron chi connectivity index (χ4n) is 3.35. The Hall–Kier alpha value is -4.91. The van der Waals surface area contributed by atoms with E-state index >= 15 is 0 Å². The van der Waals surface area contributed by atoms with E-state index in [-0.39, 0.29) is 37.1 Å². The van der Waals surface area contributed by atoms with Gasteiger partial charge in [0.05, 0.1) is 31.7 Å². The first-order valence-electron chi connectivity index (χ1n) is 11.3. The molecular formula is C25H25N5O8. The van der Waals surface area contributed by atoms with Crippen LogP contribution in [0.1, 0.15) is 20.7 Å². The van der Waals surface area contributed by atoms with E-state index in [0.29, 0.717) is 22.6 Å². The first kappa shape index (κ1) is 26.2. The number of hydrogen-bond donors (Lipinski definition) is 2. The third kappa shape index (κ3) is 6.25. The zero-order valence-electron chi connectivity index (χ0n) is 20.6. The number of carbonyl (C=O) groups excluding carboxylic acids is 2. The average Bonchev–Trinajstić information content (AvgIpc) is 3.35. The van der Waals surface area contributed by atoms with E-state index < -0.39 is 23.6 Å². The monoisotopic (exact) mass is 523 g/mol. The Labute approximate surface area is 216 Å². The second kappa shape index (κ2) is 11.9. The van der Waals surface area contributed by atoms with Crippen molar-refractivity contribution in [3.8, 4) is 11.5 Å². The molecule has 0 aliphatic carbocycles. The van der Waals surface area contributed by atoms with E-state index in [4.69, 9.17) is 29.4 Å². The molecule has 13 heteroatoms. The van der Waals surface area contributed by atoms with E-state index in [0.717, 1.165) is 0 Å². The summed E-state index contributed by atoms with van der Waals surface area (Å²) in [6.07, 6.45) is 0.493. The van der Waals surface area contributed by atoms with Crippen molar-refractivity contribution >= 4 is 29.1 Å². The largest absolute Gasteiger partial charge is 0.497 e. The number of esters is 2. The first-order chi connectivity index (χ1) is 18.4. The third-order valence-electron chi connectivity index (χ3n) is 5.39. The van der Waals surface area contributed by atoms with Gasteiger partial charge < -0.3 is 29.4 Å². The lowest BCUT2D eigenvalue weighted by Crippen LogP contribution is -2.29. The average molecular weight is 524 g/mol. The Bertz CT molecular complexity index is 1400. The van der Waals surface area contributed by atoms with Gasteiger partial charge in [0.15, 0.2) is 11.2 Å². The van der Waals surface area contributed by atoms with Crippen LogP contribution in [0, 0.1) is 0 Å². The van der Waals surface area contributed by atoms with Gasteiger partial charge >= 0.3 is 11.9 Å². The summed E-state index contributed by atoms with van der Waals surface area (Å²) in [5.74, 6) is -0.0982. The van der Waals surface area contributed by atoms with Crippen molar-refractivity contribution in [2.45, 2.75) is 12.8 Å². The molecule has 2 heterocycles. The van der Waals surface area contributed by atoms with Gasteiger partial charge in [-0.2, -0.15) is 4.98 Å². The second-order valence-corrected chi connectivity index (χ2v) is 7.91. The summed E-state index contributed by atoms with van der Waals surface area (Å²) < 4.78 is 28.3. The van der Waals surface area contributed by atoms with Crippen molar-refractivity contribution in [2.24, 2.45) is 0 Å². The summed E-state index contributed by atoms with van der Waals surface area (Å²) >= 11 is 0. The Morgan fingerprint density at radius 3 is 1.95 bits per heavy atom. The molecule has 2 aromatic carbocycles. The quantitative estimate of drug-likeness (QED) is 0.275. The highest BCUT2D eigenvalue weighted by Crippen LogP contribution is 2.15. The van der Waals surface area contributed by atoms with E-state index in [9.17, 15) is 14.4 Å². The normalized spacial score (nSPS) is 10.9. The summed E-state index contributed by atoms with van der Waals surface area (Å²) in [7, 11) is 3.04. The van der Waals surface area contributed by atoms with Gasteiger partial charge in [0, 0.05) is 0 Å². The van der Waals surface area contributed by atoms with Crippen LogP contribution in [0.2, 0.25) is 0 Å². The van der Waals surface area contributed by atoms with Gasteiger partial charge in [0.2, 0.25) is 5.95 Å². The van der Waals surface area contributed by atoms with Crippen LogP contribution in [-0.2, 0) is 20.9 Å². The third-order valence-corrected chi connectivity index (χ3v) is 5.39. The molecule has 4 aromatic rings. The maximum atomic E-state index is 12.5. The van der Waals surface area contributed by atoms with Crippen LogP contribution in [0.15, 0.2) is 59.7 Å². The van der Waals surface area contributed by atoms with Crippen LogP contribution in [-0.4, -0.2) is 65.0 Å². The molecule has 4 rings (SSSR count). The van der Waals surface area contributed by atoms with Crippen molar-refractivity contribution in [3.05, 3.63) is 76.3 Å². The van der Waals surface area contributed by atoms with Crippen LogP contribution in [0.25, 0.3) is 11.2 Å². The summed E-state index contributed by atoms with van der Waals surface area (Å²) in [6.45, 7) is -0.607. The minimum absolute atomic E-state index is 0.0798. The zero-order valence-corrected chi connectivity index (χ0v) is 20.6. The molecule has 38 heavy (non-hydrogen) atoms. The Kier molecular flexibility index (Phi) is 8.18. The molecule has 0 spiro atoms. The van der Waals surface area contributed by atoms with E-state index in [1.807, 2.05) is 0 Å². The number of benzene rings is 2. The van der Waals surface area contributed by atoms with Gasteiger partial charge in [0.1, 0.15) is 37.5 Å². The molecule has 0 unspecified atom stereocenters. The highest BCUT2D eigenvalue weighted by atomic mass is 16.6. The number of hydrogen-bond acceptors (Lipinski definition) is 11. The minimum Gasteiger partial charge on any atom is -0.497 e. The molecule has 0 amide bonds. The van der Waals surface area contributed by atoms with Crippen molar-refractivity contribution in [2.75, 3.05) is 33.2 Å². The Morgan fingerprint density at radius 1 is 0.921 bits per heavy atom. The number of H-pyrrole nitrogens is 1. The molecule has 0 radical (unpaired) electrons. The number of imidazole rings is 1. The topological polar surface area (TPSA) is 170 Å². The van der Waals surface area contributed by atoms with Crippen molar-refractivity contribution in [1.29, 1.82) is 0 Å². The van der Waals surface area contributed by atoms with Gasteiger partial charge in [0.25, 0.3) is 5.56 Å². The minimum atomic E-state index is -0.865. The van der Waals surface area contributed by atoms with Crippen LogP contribution < -0.4 is 20.8 Å². The molecule has 0 aliphatic heterocycles. The summed E-state index contributed by atoms with van der Waals surface area (Å²) in [5, 5.41) is 0. The number of anilines is 1. The number of aromatic amines is 1. The lowest BCUT2D eigenvalue weighted by molar-refractivity contribution is -0.0616. The van der Waals surface area contributed by atoms with Gasteiger partial charge in [-0.3, -0.25) is 14.3 Å². The number of carbonyl (C=O) groups is 2. The van der Waals surface area contributed by atoms with Crippen LogP contribution >= 0.6 is 0 Å². The van der Waals surface area contributed by atoms with E-state index in [2.05, 4.69) is 15.0 Å². The number of methoxy groups -OCH3 is 2.